The summed E-state index contributed by atoms with van der Waals surface area (Å²) < 4.78 is 0. The minimum atomic E-state index is 0.594. The molecule has 0 aliphatic rings. The molecule has 7 nitrogen and oxygen atoms in total. The maximum Gasteiger partial charge on any atom is 0.211 e. The number of nitrogens with zero attached hydrogens (tertiary/aromatic N) is 3. The Morgan fingerprint density at radius 3 is 2.61 bits per heavy atom. The molecule has 0 saturated carbocycles. The number of rotatable bonds is 11. The van der Waals surface area contributed by atoms with Crippen molar-refractivity contribution in [2.24, 2.45) is 10.7 Å². The Labute approximate surface area is 217 Å². The Morgan fingerprint density at radius 2 is 1.97 bits per heavy atom. The van der Waals surface area contributed by atoms with Gasteiger partial charge >= 0.3 is 0 Å². The number of pyridine rings is 1. The van der Waals surface area contributed by atoms with Crippen molar-refractivity contribution in [1.29, 1.82) is 0 Å². The molecule has 36 heavy (non-hydrogen) atoms. The maximum absolute atomic E-state index is 10.7. The molecular formula is C28H34N6OS. The SMILES string of the molecule is C=C/C(=C\N=CC)c1cc(/C=C\NC=O)c(C)c(Nc2ccc(-c3csc(CCN)n3)cc2)n1.CC. The van der Waals surface area contributed by atoms with Gasteiger partial charge in [-0.2, -0.15) is 0 Å². The summed E-state index contributed by atoms with van der Waals surface area (Å²) in [5.74, 6) is 0.697. The molecule has 3 rings (SSSR count). The fourth-order valence-electron chi connectivity index (χ4n) is 3.17. The third kappa shape index (κ3) is 7.83. The molecule has 0 atom stereocenters. The number of allylic oxidation sites excluding steroid dienone is 2. The minimum absolute atomic E-state index is 0.594. The highest BCUT2D eigenvalue weighted by atomic mass is 32.1. The highest BCUT2D eigenvalue weighted by Gasteiger charge is 2.11. The number of carbonyl (C=O) groups excluding carboxylic acids is 1. The van der Waals surface area contributed by atoms with E-state index in [1.54, 1.807) is 36.0 Å². The molecule has 0 aliphatic carbocycles. The number of aliphatic imine (C=N–C) groups is 1. The van der Waals surface area contributed by atoms with Crippen LogP contribution in [0.3, 0.4) is 0 Å². The lowest BCUT2D eigenvalue weighted by atomic mass is 10.0. The number of aromatic nitrogens is 2. The first-order valence-corrected chi connectivity index (χ1v) is 12.7. The Bertz CT molecular complexity index is 1230. The van der Waals surface area contributed by atoms with Crippen LogP contribution in [0, 0.1) is 6.92 Å². The zero-order valence-electron chi connectivity index (χ0n) is 21.3. The quantitative estimate of drug-likeness (QED) is 0.166. The van der Waals surface area contributed by atoms with Crippen LogP contribution in [0.1, 0.15) is 42.6 Å². The van der Waals surface area contributed by atoms with Gasteiger partial charge in [0.2, 0.25) is 6.41 Å². The van der Waals surface area contributed by atoms with E-state index in [0.717, 1.165) is 45.1 Å². The van der Waals surface area contributed by atoms with Crippen LogP contribution in [-0.2, 0) is 11.2 Å². The summed E-state index contributed by atoms with van der Waals surface area (Å²) in [5, 5.41) is 9.06. The Kier molecular flexibility index (Phi) is 12.0. The Balaban J connectivity index is 0.00000222. The molecule has 0 fully saturated rings. The molecule has 0 saturated heterocycles. The summed E-state index contributed by atoms with van der Waals surface area (Å²) >= 11 is 1.63. The van der Waals surface area contributed by atoms with Crippen molar-refractivity contribution >= 4 is 47.1 Å². The molecule has 2 aromatic heterocycles. The third-order valence-electron chi connectivity index (χ3n) is 4.97. The summed E-state index contributed by atoms with van der Waals surface area (Å²) in [4.78, 5) is 24.3. The van der Waals surface area contributed by atoms with Crippen molar-refractivity contribution in [1.82, 2.24) is 15.3 Å². The van der Waals surface area contributed by atoms with Crippen LogP contribution in [0.4, 0.5) is 11.5 Å². The van der Waals surface area contributed by atoms with Gasteiger partial charge in [-0.3, -0.25) is 9.79 Å². The van der Waals surface area contributed by atoms with Gasteiger partial charge in [0.25, 0.3) is 0 Å². The van der Waals surface area contributed by atoms with Crippen molar-refractivity contribution < 1.29 is 4.79 Å². The molecule has 0 unspecified atom stereocenters. The maximum atomic E-state index is 10.7. The predicted molar refractivity (Wildman–Crippen MR) is 154 cm³/mol. The van der Waals surface area contributed by atoms with Crippen LogP contribution >= 0.6 is 11.3 Å². The Morgan fingerprint density at radius 1 is 1.22 bits per heavy atom. The van der Waals surface area contributed by atoms with Crippen LogP contribution in [0.5, 0.6) is 0 Å². The topological polar surface area (TPSA) is 105 Å². The van der Waals surface area contributed by atoms with Gasteiger partial charge in [-0.05, 0) is 55.8 Å². The standard InChI is InChI=1S/C26H28N6OS.C2H6/c1-4-19(15-28-5-2)23-14-21(11-13-29-17-33)18(3)26(32-23)30-22-8-6-20(7-9-22)24-16-34-25(31-24)10-12-27;1-2/h4-9,11,13-17H,1,10,12,27H2,2-3H3,(H,29,33)(H,30,32);1-2H3/b13-11-,19-15+,28-5?;. The molecule has 4 N–H and O–H groups in total. The van der Waals surface area contributed by atoms with Crippen LogP contribution in [0.15, 0.2) is 65.8 Å². The van der Waals surface area contributed by atoms with E-state index in [9.17, 15) is 4.79 Å². The summed E-state index contributed by atoms with van der Waals surface area (Å²) in [5.41, 5.74) is 11.9. The van der Waals surface area contributed by atoms with E-state index >= 15 is 0 Å². The lowest BCUT2D eigenvalue weighted by Gasteiger charge is -2.14. The number of amides is 1. The number of hydrogen-bond acceptors (Lipinski definition) is 7. The molecule has 1 amide bonds. The largest absolute Gasteiger partial charge is 0.340 e. The van der Waals surface area contributed by atoms with E-state index in [0.29, 0.717) is 24.5 Å². The molecular weight excluding hydrogens is 468 g/mol. The lowest BCUT2D eigenvalue weighted by Crippen LogP contribution is -2.03. The van der Waals surface area contributed by atoms with Gasteiger partial charge in [0.05, 0.1) is 16.4 Å². The summed E-state index contributed by atoms with van der Waals surface area (Å²) in [6.45, 7) is 12.3. The second-order valence-electron chi connectivity index (χ2n) is 7.25. The zero-order chi connectivity index (χ0) is 26.3. The molecule has 0 radical (unpaired) electrons. The van der Waals surface area contributed by atoms with E-state index in [4.69, 9.17) is 10.7 Å². The summed E-state index contributed by atoms with van der Waals surface area (Å²) in [7, 11) is 0. The second kappa shape index (κ2) is 15.2. The first-order valence-electron chi connectivity index (χ1n) is 11.8. The first kappa shape index (κ1) is 28.4. The number of nitrogens with two attached hydrogens (primary N) is 1. The van der Waals surface area contributed by atoms with Gasteiger partial charge in [0.1, 0.15) is 5.82 Å². The average Bonchev–Trinajstić information content (AvgIpc) is 3.37. The van der Waals surface area contributed by atoms with Crippen LogP contribution < -0.4 is 16.4 Å². The van der Waals surface area contributed by atoms with Gasteiger partial charge in [-0.1, -0.05) is 38.6 Å². The van der Waals surface area contributed by atoms with E-state index in [2.05, 4.69) is 32.6 Å². The van der Waals surface area contributed by atoms with Crippen LogP contribution in [0.25, 0.3) is 22.9 Å². The number of nitrogens with one attached hydrogen (secondary N) is 2. The van der Waals surface area contributed by atoms with E-state index in [1.807, 2.05) is 64.1 Å². The normalized spacial score (nSPS) is 11.3. The van der Waals surface area contributed by atoms with Crippen molar-refractivity contribution in [3.05, 3.63) is 82.6 Å². The summed E-state index contributed by atoms with van der Waals surface area (Å²) in [6.07, 6.45) is 9.96. The highest BCUT2D eigenvalue weighted by Crippen LogP contribution is 2.28. The van der Waals surface area contributed by atoms with Crippen molar-refractivity contribution in [3.63, 3.8) is 0 Å². The van der Waals surface area contributed by atoms with E-state index in [-0.39, 0.29) is 0 Å². The lowest BCUT2D eigenvalue weighted by molar-refractivity contribution is -0.108. The van der Waals surface area contributed by atoms with Crippen LogP contribution in [0.2, 0.25) is 0 Å². The van der Waals surface area contributed by atoms with Gasteiger partial charge in [-0.15, -0.1) is 11.3 Å². The van der Waals surface area contributed by atoms with Crippen molar-refractivity contribution in [3.8, 4) is 11.3 Å². The van der Waals surface area contributed by atoms with Crippen LogP contribution in [-0.4, -0.2) is 29.1 Å². The van der Waals surface area contributed by atoms with Crippen molar-refractivity contribution in [2.45, 2.75) is 34.1 Å². The molecule has 0 spiro atoms. The number of carbonyl (C=O) groups is 1. The fraction of sp³-hybridized carbons (Fsp3) is 0.214. The molecule has 188 valence electrons. The second-order valence-corrected chi connectivity index (χ2v) is 8.19. The smallest absolute Gasteiger partial charge is 0.211 e. The molecule has 3 aromatic rings. The number of thiazole rings is 1. The number of anilines is 2. The van der Waals surface area contributed by atoms with Gasteiger partial charge in [-0.25, -0.2) is 9.97 Å². The van der Waals surface area contributed by atoms with Crippen molar-refractivity contribution in [2.75, 3.05) is 11.9 Å². The Hall–Kier alpha value is -3.88. The molecule has 8 heteroatoms. The monoisotopic (exact) mass is 502 g/mol. The number of hydrogen-bond donors (Lipinski definition) is 3. The molecule has 0 aliphatic heterocycles. The molecule has 2 heterocycles. The van der Waals surface area contributed by atoms with Gasteiger partial charge < -0.3 is 16.4 Å². The fourth-order valence-corrected chi connectivity index (χ4v) is 3.99. The highest BCUT2D eigenvalue weighted by molar-refractivity contribution is 7.09. The van der Waals surface area contributed by atoms with E-state index < -0.39 is 0 Å². The van der Waals surface area contributed by atoms with Gasteiger partial charge in [0.15, 0.2) is 0 Å². The van der Waals surface area contributed by atoms with Gasteiger partial charge in [0, 0.05) is 47.2 Å². The molecule has 1 aromatic carbocycles. The summed E-state index contributed by atoms with van der Waals surface area (Å²) in [6, 6.07) is 10.00. The zero-order valence-corrected chi connectivity index (χ0v) is 22.1. The first-order chi connectivity index (χ1) is 17.6. The number of benzene rings is 1. The third-order valence-corrected chi connectivity index (χ3v) is 5.88. The average molecular weight is 503 g/mol. The minimum Gasteiger partial charge on any atom is -0.340 e. The van der Waals surface area contributed by atoms with E-state index in [1.165, 1.54) is 0 Å². The predicted octanol–water partition coefficient (Wildman–Crippen LogP) is 6.12. The molecule has 0 bridgehead atoms.